The summed E-state index contributed by atoms with van der Waals surface area (Å²) in [4.78, 5) is 7.81. The minimum atomic E-state index is -3.27. The van der Waals surface area contributed by atoms with E-state index in [0.717, 1.165) is 6.26 Å². The smallest absolute Gasteiger partial charge is 0.157 e. The van der Waals surface area contributed by atoms with Crippen LogP contribution in [0.1, 0.15) is 29.3 Å². The van der Waals surface area contributed by atoms with Crippen molar-refractivity contribution >= 4 is 15.7 Å². The number of nitrogens with two attached hydrogens (primary N) is 1. The second kappa shape index (κ2) is 4.06. The summed E-state index contributed by atoms with van der Waals surface area (Å²) in [5.41, 5.74) is 6.12. The van der Waals surface area contributed by atoms with Crippen molar-refractivity contribution in [2.24, 2.45) is 0 Å². The largest absolute Gasteiger partial charge is 0.382 e. The summed E-state index contributed by atoms with van der Waals surface area (Å²) in [6, 6.07) is 1.87. The Hall–Kier alpha value is -1.68. The molecule has 6 nitrogen and oxygen atoms in total. The van der Waals surface area contributed by atoms with E-state index in [4.69, 9.17) is 11.0 Å². The van der Waals surface area contributed by atoms with Gasteiger partial charge in [0.15, 0.2) is 9.84 Å². The van der Waals surface area contributed by atoms with Gasteiger partial charge in [0.25, 0.3) is 0 Å². The molecule has 16 heavy (non-hydrogen) atoms. The predicted octanol–water partition coefficient (Wildman–Crippen LogP) is 0.344. The Bertz CT molecular complexity index is 536. The van der Waals surface area contributed by atoms with Crippen molar-refractivity contribution in [3.05, 3.63) is 17.1 Å². The lowest BCUT2D eigenvalue weighted by atomic mass is 10.2. The fraction of sp³-hybridized carbons (Fsp3) is 0.444. The molecule has 0 spiro atoms. The maximum Gasteiger partial charge on any atom is 0.157 e. The second-order valence-corrected chi connectivity index (χ2v) is 5.88. The van der Waals surface area contributed by atoms with Gasteiger partial charge in [-0.15, -0.1) is 0 Å². The van der Waals surface area contributed by atoms with Crippen LogP contribution in [0.25, 0.3) is 0 Å². The molecule has 0 amide bonds. The maximum atomic E-state index is 11.3. The number of nitrogens with zero attached hydrogens (tertiary/aromatic N) is 3. The molecule has 0 radical (unpaired) electrons. The predicted molar refractivity (Wildman–Crippen MR) is 59.2 cm³/mol. The lowest BCUT2D eigenvalue weighted by Crippen LogP contribution is -2.14. The number of hydrogen-bond acceptors (Lipinski definition) is 6. The third-order valence-corrected chi connectivity index (χ3v) is 3.75. The molecule has 2 N–H and O–H groups in total. The van der Waals surface area contributed by atoms with Gasteiger partial charge in [0.2, 0.25) is 0 Å². The first kappa shape index (κ1) is 12.4. The van der Waals surface area contributed by atoms with Crippen LogP contribution in [-0.2, 0) is 9.84 Å². The number of anilines is 1. The first-order chi connectivity index (χ1) is 7.27. The maximum absolute atomic E-state index is 11.3. The highest BCUT2D eigenvalue weighted by molar-refractivity contribution is 7.90. The van der Waals surface area contributed by atoms with Crippen molar-refractivity contribution in [2.75, 3.05) is 12.0 Å². The lowest BCUT2D eigenvalue weighted by Gasteiger charge is -2.10. The second-order valence-electron chi connectivity index (χ2n) is 3.51. The monoisotopic (exact) mass is 240 g/mol. The highest BCUT2D eigenvalue weighted by Crippen LogP contribution is 2.20. The number of aromatic nitrogens is 2. The number of rotatable bonds is 2. The van der Waals surface area contributed by atoms with E-state index in [9.17, 15) is 8.42 Å². The molecule has 0 saturated heterocycles. The van der Waals surface area contributed by atoms with E-state index >= 15 is 0 Å². The van der Waals surface area contributed by atoms with Gasteiger partial charge in [-0.25, -0.2) is 18.4 Å². The van der Waals surface area contributed by atoms with Crippen molar-refractivity contribution < 1.29 is 8.42 Å². The average Bonchev–Trinajstić information content (AvgIpc) is 2.14. The summed E-state index contributed by atoms with van der Waals surface area (Å²) >= 11 is 0. The Morgan fingerprint density at radius 1 is 1.44 bits per heavy atom. The van der Waals surface area contributed by atoms with Crippen LogP contribution in [0.4, 0.5) is 5.82 Å². The number of nitriles is 1. The molecule has 0 fully saturated rings. The zero-order valence-electron chi connectivity index (χ0n) is 9.22. The highest BCUT2D eigenvalue weighted by Gasteiger charge is 2.22. The Morgan fingerprint density at radius 3 is 2.38 bits per heavy atom. The zero-order valence-corrected chi connectivity index (χ0v) is 10.0. The molecule has 1 rings (SSSR count). The van der Waals surface area contributed by atoms with Crippen molar-refractivity contribution in [3.63, 3.8) is 0 Å². The zero-order chi connectivity index (χ0) is 12.5. The number of hydrogen-bond donors (Lipinski definition) is 1. The standard InChI is InChI=1S/C9H12N4O2S/c1-5-7(4-10)8(11)13-9(12-5)6(2)16(3,14)15/h6H,1-3H3,(H2,11,12,13). The topological polar surface area (TPSA) is 110 Å². The molecule has 1 aromatic rings. The van der Waals surface area contributed by atoms with Gasteiger partial charge in [-0.05, 0) is 13.8 Å². The van der Waals surface area contributed by atoms with E-state index < -0.39 is 15.1 Å². The lowest BCUT2D eigenvalue weighted by molar-refractivity contribution is 0.589. The van der Waals surface area contributed by atoms with Gasteiger partial charge in [-0.2, -0.15) is 5.26 Å². The van der Waals surface area contributed by atoms with E-state index in [1.807, 2.05) is 6.07 Å². The summed E-state index contributed by atoms with van der Waals surface area (Å²) in [5, 5.41) is 7.93. The van der Waals surface area contributed by atoms with Crippen LogP contribution in [0, 0.1) is 18.3 Å². The van der Waals surface area contributed by atoms with Crippen molar-refractivity contribution in [1.82, 2.24) is 9.97 Å². The van der Waals surface area contributed by atoms with Gasteiger partial charge in [-0.3, -0.25) is 0 Å². The minimum absolute atomic E-state index is 0.0144. The molecule has 7 heteroatoms. The molecule has 0 bridgehead atoms. The van der Waals surface area contributed by atoms with Gasteiger partial charge >= 0.3 is 0 Å². The fourth-order valence-corrected chi connectivity index (χ4v) is 1.62. The highest BCUT2D eigenvalue weighted by atomic mass is 32.2. The molecule has 1 heterocycles. The molecule has 0 aromatic carbocycles. The van der Waals surface area contributed by atoms with Gasteiger partial charge < -0.3 is 5.73 Å². The Morgan fingerprint density at radius 2 is 2.00 bits per heavy atom. The first-order valence-corrected chi connectivity index (χ1v) is 6.45. The Labute approximate surface area is 94.1 Å². The van der Waals surface area contributed by atoms with Gasteiger partial charge in [-0.1, -0.05) is 0 Å². The van der Waals surface area contributed by atoms with E-state index in [1.54, 1.807) is 6.92 Å². The molecule has 1 aromatic heterocycles. The molecule has 1 unspecified atom stereocenters. The SMILES string of the molecule is Cc1nc(C(C)S(C)(=O)=O)nc(N)c1C#N. The molecule has 86 valence electrons. The molecular weight excluding hydrogens is 228 g/mol. The van der Waals surface area contributed by atoms with E-state index in [1.165, 1.54) is 6.92 Å². The number of sulfone groups is 1. The quantitative estimate of drug-likeness (QED) is 0.798. The third kappa shape index (κ3) is 2.28. The third-order valence-electron chi connectivity index (χ3n) is 2.25. The van der Waals surface area contributed by atoms with Gasteiger partial charge in [0.05, 0.1) is 5.69 Å². The molecule has 0 aliphatic rings. The van der Waals surface area contributed by atoms with Crippen molar-refractivity contribution in [1.29, 1.82) is 5.26 Å². The van der Waals surface area contributed by atoms with Crippen LogP contribution in [0.2, 0.25) is 0 Å². The van der Waals surface area contributed by atoms with E-state index in [-0.39, 0.29) is 17.2 Å². The fourth-order valence-electron chi connectivity index (χ4n) is 1.13. The average molecular weight is 240 g/mol. The van der Waals surface area contributed by atoms with E-state index in [2.05, 4.69) is 9.97 Å². The van der Waals surface area contributed by atoms with Crippen LogP contribution in [0.3, 0.4) is 0 Å². The van der Waals surface area contributed by atoms with Crippen LogP contribution in [-0.4, -0.2) is 24.6 Å². The first-order valence-electron chi connectivity index (χ1n) is 4.50. The number of aryl methyl sites for hydroxylation is 1. The van der Waals surface area contributed by atoms with E-state index in [0.29, 0.717) is 5.69 Å². The number of nitrogen functional groups attached to an aromatic ring is 1. The summed E-state index contributed by atoms with van der Waals surface area (Å²) in [6.45, 7) is 3.07. The Balaban J connectivity index is 3.36. The van der Waals surface area contributed by atoms with Crippen molar-refractivity contribution in [2.45, 2.75) is 19.1 Å². The van der Waals surface area contributed by atoms with Crippen LogP contribution in [0.15, 0.2) is 0 Å². The summed E-state index contributed by atoms with van der Waals surface area (Å²) in [5.74, 6) is 0.136. The molecule has 1 atom stereocenters. The summed E-state index contributed by atoms with van der Waals surface area (Å²) < 4.78 is 22.6. The molecule has 0 aliphatic carbocycles. The van der Waals surface area contributed by atoms with Gasteiger partial charge in [0.1, 0.15) is 28.5 Å². The minimum Gasteiger partial charge on any atom is -0.382 e. The summed E-state index contributed by atoms with van der Waals surface area (Å²) in [7, 11) is -3.27. The Kier molecular flexibility index (Phi) is 3.14. The van der Waals surface area contributed by atoms with Crippen LogP contribution >= 0.6 is 0 Å². The van der Waals surface area contributed by atoms with Crippen molar-refractivity contribution in [3.8, 4) is 6.07 Å². The van der Waals surface area contributed by atoms with Gasteiger partial charge in [0, 0.05) is 6.26 Å². The molecular formula is C9H12N4O2S. The summed E-state index contributed by atoms with van der Waals surface area (Å²) in [6.07, 6.45) is 1.10. The molecule has 0 saturated carbocycles. The van der Waals surface area contributed by atoms with Crippen LogP contribution < -0.4 is 5.73 Å². The van der Waals surface area contributed by atoms with Crippen LogP contribution in [0.5, 0.6) is 0 Å². The normalized spacial score (nSPS) is 13.1. The molecule has 0 aliphatic heterocycles.